The molecule has 0 atom stereocenters. The van der Waals surface area contributed by atoms with Crippen LogP contribution in [0.1, 0.15) is 22.3 Å². The molecule has 0 unspecified atom stereocenters. The number of para-hydroxylation sites is 5. The zero-order valence-corrected chi connectivity index (χ0v) is 48.7. The molecule has 13 aromatic carbocycles. The lowest BCUT2D eigenvalue weighted by Gasteiger charge is -2.11. The van der Waals surface area contributed by atoms with Gasteiger partial charge >= 0.3 is 0 Å². The number of hydrogen-bond acceptors (Lipinski definition) is 7. The quantitative estimate of drug-likeness (QED) is 0.166. The van der Waals surface area contributed by atoms with Gasteiger partial charge in [0.1, 0.15) is 57.8 Å². The van der Waals surface area contributed by atoms with Crippen molar-refractivity contribution in [3.8, 4) is 63.6 Å². The molecule has 0 saturated heterocycles. The Hall–Kier alpha value is -13.4. The standard InChI is InChI=1S/C44H24N4O.C38H19N3O2/c45-25-29-9-8-15-38(36(29)26-46)48-40-21-18-28(24-35(40)43-41(48)22-19-33-32-13-5-7-16-42(32)49-44(33)43)27-17-20-39-34(23-27)31-12-4-6-14-37(31)47(39)30-10-2-1-3-11-30;39-20-24-6-5-9-31(30(24)21-40)41-32-16-13-22(23-12-14-27-25-7-1-3-10-34(25)42-36(27)19-23)18-29(32)37-33(41)17-15-28-26-8-2-4-11-35(26)43-38(28)37/h1-24H;1-19H. The van der Waals surface area contributed by atoms with Crippen LogP contribution in [0.2, 0.25) is 0 Å². The SMILES string of the molecule is N#Cc1cccc(-n2c3ccc(-c4ccc5c(c4)c4ccccc4n5-c4ccccc4)cc3c3c4oc5ccccc5c4ccc32)c1C#N.N#Cc1cccc(-n2c3ccc(-c4ccc5c(c4)oc4ccccc45)cc3c3c4oc5ccccc5c4ccc32)c1C#N. The van der Waals surface area contributed by atoms with E-state index >= 15 is 0 Å². The number of benzene rings is 13. The maximum absolute atomic E-state index is 10.2. The van der Waals surface area contributed by atoms with Crippen LogP contribution in [-0.2, 0) is 0 Å². The molecule has 6 heterocycles. The number of hydrogen-bond donors (Lipinski definition) is 0. The molecule has 10 nitrogen and oxygen atoms in total. The number of nitriles is 4. The van der Waals surface area contributed by atoms with Crippen molar-refractivity contribution in [2.45, 2.75) is 0 Å². The Morgan fingerprint density at radius 1 is 0.250 bits per heavy atom. The summed E-state index contributed by atoms with van der Waals surface area (Å²) in [6.45, 7) is 0. The minimum absolute atomic E-state index is 0.341. The molecular weight excluding hydrogens is 1130 g/mol. The van der Waals surface area contributed by atoms with E-state index in [9.17, 15) is 21.0 Å². The first-order valence-electron chi connectivity index (χ1n) is 30.1. The van der Waals surface area contributed by atoms with Crippen LogP contribution in [0, 0.1) is 45.3 Å². The Labute approximate surface area is 523 Å². The molecule has 0 N–H and O–H groups in total. The van der Waals surface area contributed by atoms with Crippen LogP contribution < -0.4 is 0 Å². The predicted octanol–water partition coefficient (Wildman–Crippen LogP) is 21.2. The monoisotopic (exact) mass is 1170 g/mol. The molecule has 0 amide bonds. The molecule has 0 bridgehead atoms. The van der Waals surface area contributed by atoms with E-state index in [0.29, 0.717) is 33.6 Å². The van der Waals surface area contributed by atoms with Gasteiger partial charge in [-0.25, -0.2) is 0 Å². The number of rotatable bonds is 5. The Morgan fingerprint density at radius 3 is 1.16 bits per heavy atom. The first-order valence-corrected chi connectivity index (χ1v) is 30.1. The topological polar surface area (TPSA) is 149 Å². The van der Waals surface area contributed by atoms with E-state index in [0.717, 1.165) is 143 Å². The summed E-state index contributed by atoms with van der Waals surface area (Å²) in [4.78, 5) is 0. The average molecular weight is 1170 g/mol. The maximum atomic E-state index is 10.2. The number of nitrogens with zero attached hydrogens (tertiary/aromatic N) is 7. The highest BCUT2D eigenvalue weighted by Crippen LogP contribution is 2.46. The Bertz CT molecular complexity index is 6580. The van der Waals surface area contributed by atoms with Crippen molar-refractivity contribution in [2.75, 3.05) is 0 Å². The minimum Gasteiger partial charge on any atom is -0.456 e. The fourth-order valence-electron chi connectivity index (χ4n) is 14.2. The molecule has 19 rings (SSSR count). The van der Waals surface area contributed by atoms with E-state index in [1.807, 2.05) is 84.9 Å². The van der Waals surface area contributed by atoms with E-state index in [1.165, 1.54) is 16.3 Å². The van der Waals surface area contributed by atoms with Gasteiger partial charge in [0.15, 0.2) is 0 Å². The third-order valence-electron chi connectivity index (χ3n) is 18.3. The van der Waals surface area contributed by atoms with Crippen molar-refractivity contribution >= 4 is 131 Å². The molecule has 0 aliphatic heterocycles. The zero-order chi connectivity index (χ0) is 61.3. The maximum Gasteiger partial charge on any atom is 0.145 e. The first-order chi connectivity index (χ1) is 45.5. The van der Waals surface area contributed by atoms with Crippen LogP contribution in [0.3, 0.4) is 0 Å². The smallest absolute Gasteiger partial charge is 0.145 e. The lowest BCUT2D eigenvalue weighted by Crippen LogP contribution is -1.99. The molecule has 0 aliphatic rings. The van der Waals surface area contributed by atoms with E-state index in [2.05, 4.69) is 202 Å². The molecular formula is C82H43N7O3. The third kappa shape index (κ3) is 7.57. The van der Waals surface area contributed by atoms with Gasteiger partial charge < -0.3 is 27.0 Å². The second-order valence-electron chi connectivity index (χ2n) is 23.1. The average Bonchev–Trinajstić information content (AvgIpc) is 1.57. The van der Waals surface area contributed by atoms with Gasteiger partial charge in [-0.2, -0.15) is 21.0 Å². The molecule has 10 heteroatoms. The largest absolute Gasteiger partial charge is 0.456 e. The molecule has 424 valence electrons. The Kier molecular flexibility index (Phi) is 11.3. The predicted molar refractivity (Wildman–Crippen MR) is 367 cm³/mol. The van der Waals surface area contributed by atoms with Gasteiger partial charge in [0.05, 0.1) is 77.5 Å². The molecule has 6 aromatic heterocycles. The van der Waals surface area contributed by atoms with E-state index in [1.54, 1.807) is 12.1 Å². The van der Waals surface area contributed by atoms with Crippen molar-refractivity contribution in [3.05, 3.63) is 283 Å². The second kappa shape index (κ2) is 20.1. The lowest BCUT2D eigenvalue weighted by molar-refractivity contribution is 0.669. The highest BCUT2D eigenvalue weighted by molar-refractivity contribution is 6.26. The molecule has 0 saturated carbocycles. The first kappa shape index (κ1) is 51.8. The van der Waals surface area contributed by atoms with Gasteiger partial charge in [-0.3, -0.25) is 0 Å². The van der Waals surface area contributed by atoms with Crippen LogP contribution in [0.5, 0.6) is 0 Å². The van der Waals surface area contributed by atoms with Crippen LogP contribution in [0.4, 0.5) is 0 Å². The summed E-state index contributed by atoms with van der Waals surface area (Å²) >= 11 is 0. The number of furan rings is 3. The van der Waals surface area contributed by atoms with Crippen LogP contribution in [-0.4, -0.2) is 13.7 Å². The van der Waals surface area contributed by atoms with Crippen LogP contribution in [0.25, 0.3) is 171 Å². The van der Waals surface area contributed by atoms with Gasteiger partial charge in [-0.1, -0.05) is 127 Å². The summed E-state index contributed by atoms with van der Waals surface area (Å²) in [5.41, 5.74) is 19.0. The zero-order valence-electron chi connectivity index (χ0n) is 48.7. The molecule has 19 aromatic rings. The van der Waals surface area contributed by atoms with Gasteiger partial charge in [-0.05, 0) is 156 Å². The molecule has 0 fully saturated rings. The minimum atomic E-state index is 0.341. The van der Waals surface area contributed by atoms with Gasteiger partial charge in [0.25, 0.3) is 0 Å². The Balaban J connectivity index is 0.000000137. The molecule has 92 heavy (non-hydrogen) atoms. The summed E-state index contributed by atoms with van der Waals surface area (Å²) in [5.74, 6) is 0. The highest BCUT2D eigenvalue weighted by atomic mass is 16.3. The van der Waals surface area contributed by atoms with E-state index in [-0.39, 0.29) is 0 Å². The van der Waals surface area contributed by atoms with Gasteiger partial charge in [0.2, 0.25) is 0 Å². The van der Waals surface area contributed by atoms with Crippen molar-refractivity contribution in [1.82, 2.24) is 13.7 Å². The van der Waals surface area contributed by atoms with E-state index < -0.39 is 0 Å². The van der Waals surface area contributed by atoms with Gasteiger partial charge in [0, 0.05) is 59.5 Å². The van der Waals surface area contributed by atoms with Crippen LogP contribution in [0.15, 0.2) is 274 Å². The third-order valence-corrected chi connectivity index (χ3v) is 18.3. The van der Waals surface area contributed by atoms with Crippen LogP contribution >= 0.6 is 0 Å². The van der Waals surface area contributed by atoms with Crippen molar-refractivity contribution in [1.29, 1.82) is 21.0 Å². The Morgan fingerprint density at radius 2 is 0.641 bits per heavy atom. The fourth-order valence-corrected chi connectivity index (χ4v) is 14.2. The summed E-state index contributed by atoms with van der Waals surface area (Å²) in [6, 6.07) is 97.4. The highest BCUT2D eigenvalue weighted by Gasteiger charge is 2.25. The van der Waals surface area contributed by atoms with E-state index in [4.69, 9.17) is 13.3 Å². The van der Waals surface area contributed by atoms with Crippen molar-refractivity contribution < 1.29 is 13.3 Å². The second-order valence-corrected chi connectivity index (χ2v) is 23.1. The summed E-state index contributed by atoms with van der Waals surface area (Å²) < 4.78 is 25.8. The van der Waals surface area contributed by atoms with Gasteiger partial charge in [-0.15, -0.1) is 0 Å². The number of aromatic nitrogens is 3. The fraction of sp³-hybridized carbons (Fsp3) is 0. The summed E-state index contributed by atoms with van der Waals surface area (Å²) in [5, 5.41) is 52.7. The molecule has 0 spiro atoms. The normalized spacial score (nSPS) is 11.7. The van der Waals surface area contributed by atoms with Crippen molar-refractivity contribution in [2.24, 2.45) is 0 Å². The summed E-state index contributed by atoms with van der Waals surface area (Å²) in [6.07, 6.45) is 0. The lowest BCUT2D eigenvalue weighted by atomic mass is 10.00. The number of fused-ring (bicyclic) bond motifs is 20. The van der Waals surface area contributed by atoms with Crippen molar-refractivity contribution in [3.63, 3.8) is 0 Å². The molecule has 0 aliphatic carbocycles. The summed E-state index contributed by atoms with van der Waals surface area (Å²) in [7, 11) is 0. The molecule has 0 radical (unpaired) electrons.